The van der Waals surface area contributed by atoms with Crippen LogP contribution in [-0.2, 0) is 11.3 Å². The van der Waals surface area contributed by atoms with Crippen molar-refractivity contribution >= 4 is 5.97 Å². The highest BCUT2D eigenvalue weighted by Crippen LogP contribution is 2.26. The Hall–Kier alpha value is -1.36. The Labute approximate surface area is 120 Å². The molecule has 1 N–H and O–H groups in total. The van der Waals surface area contributed by atoms with Crippen molar-refractivity contribution in [2.45, 2.75) is 39.7 Å². The Kier molecular flexibility index (Phi) is 5.17. The normalized spacial score (nSPS) is 21.8. The summed E-state index contributed by atoms with van der Waals surface area (Å²) in [6, 6.07) is 0. The molecular weight excluding hydrogens is 254 g/mol. The largest absolute Gasteiger partial charge is 0.481 e. The van der Waals surface area contributed by atoms with E-state index in [-0.39, 0.29) is 5.92 Å². The lowest BCUT2D eigenvalue weighted by Crippen LogP contribution is -2.39. The number of carboxylic acids is 1. The van der Waals surface area contributed by atoms with E-state index < -0.39 is 5.97 Å². The standard InChI is InChI=1S/C15H25N3O2/c1-12(10-15(19)20)14-4-3-6-17(11-14)8-9-18-7-5-16-13(18)2/h5,7,12,14H,3-4,6,8-11H2,1-2H3,(H,19,20). The number of carboxylic acid groups (broad SMARTS) is 1. The first kappa shape index (κ1) is 15.0. The molecule has 2 heterocycles. The van der Waals surface area contributed by atoms with E-state index in [1.807, 2.05) is 19.3 Å². The van der Waals surface area contributed by atoms with Crippen LogP contribution in [0.15, 0.2) is 12.4 Å². The molecule has 0 aromatic carbocycles. The molecule has 1 aliphatic heterocycles. The highest BCUT2D eigenvalue weighted by molar-refractivity contribution is 5.67. The summed E-state index contributed by atoms with van der Waals surface area (Å²) in [6.07, 6.45) is 6.48. The molecule has 0 amide bonds. The Balaban J connectivity index is 1.81. The molecule has 2 atom stereocenters. The van der Waals surface area contributed by atoms with E-state index in [0.717, 1.165) is 38.4 Å². The van der Waals surface area contributed by atoms with Gasteiger partial charge in [0.1, 0.15) is 5.82 Å². The molecule has 0 spiro atoms. The van der Waals surface area contributed by atoms with E-state index in [1.165, 1.54) is 6.42 Å². The quantitative estimate of drug-likeness (QED) is 0.865. The number of hydrogen-bond donors (Lipinski definition) is 1. The Bertz CT molecular complexity index is 444. The number of nitrogens with zero attached hydrogens (tertiary/aromatic N) is 3. The topological polar surface area (TPSA) is 58.4 Å². The van der Waals surface area contributed by atoms with E-state index in [9.17, 15) is 4.79 Å². The summed E-state index contributed by atoms with van der Waals surface area (Å²) >= 11 is 0. The third-order valence-corrected chi connectivity index (χ3v) is 4.42. The maximum absolute atomic E-state index is 10.8. The molecule has 0 aliphatic carbocycles. The van der Waals surface area contributed by atoms with Crippen molar-refractivity contribution < 1.29 is 9.90 Å². The van der Waals surface area contributed by atoms with Gasteiger partial charge < -0.3 is 14.6 Å². The van der Waals surface area contributed by atoms with Crippen molar-refractivity contribution in [3.05, 3.63) is 18.2 Å². The summed E-state index contributed by atoms with van der Waals surface area (Å²) in [4.78, 5) is 17.5. The summed E-state index contributed by atoms with van der Waals surface area (Å²) in [5, 5.41) is 8.92. The van der Waals surface area contributed by atoms with Gasteiger partial charge in [-0.15, -0.1) is 0 Å². The number of aromatic nitrogens is 2. The molecule has 1 fully saturated rings. The van der Waals surface area contributed by atoms with Gasteiger partial charge in [0.25, 0.3) is 0 Å². The lowest BCUT2D eigenvalue weighted by Gasteiger charge is -2.35. The van der Waals surface area contributed by atoms with Crippen LogP contribution in [0.5, 0.6) is 0 Å². The van der Waals surface area contributed by atoms with Crippen LogP contribution < -0.4 is 0 Å². The van der Waals surface area contributed by atoms with Gasteiger partial charge in [0.05, 0.1) is 0 Å². The van der Waals surface area contributed by atoms with Crippen LogP contribution >= 0.6 is 0 Å². The summed E-state index contributed by atoms with van der Waals surface area (Å²) in [5.41, 5.74) is 0. The molecule has 112 valence electrons. The molecule has 1 saturated heterocycles. The molecule has 0 saturated carbocycles. The molecule has 1 aliphatic rings. The number of aryl methyl sites for hydroxylation is 1. The summed E-state index contributed by atoms with van der Waals surface area (Å²) in [6.45, 7) is 8.24. The summed E-state index contributed by atoms with van der Waals surface area (Å²) < 4.78 is 2.17. The first-order valence-electron chi connectivity index (χ1n) is 7.48. The number of piperidine rings is 1. The fourth-order valence-electron chi connectivity index (χ4n) is 3.09. The SMILES string of the molecule is Cc1nccn1CCN1CCCC(C(C)CC(=O)O)C1. The first-order valence-corrected chi connectivity index (χ1v) is 7.48. The highest BCUT2D eigenvalue weighted by atomic mass is 16.4. The number of hydrogen-bond acceptors (Lipinski definition) is 3. The van der Waals surface area contributed by atoms with Gasteiger partial charge in [0, 0.05) is 38.4 Å². The molecule has 0 bridgehead atoms. The van der Waals surface area contributed by atoms with Crippen LogP contribution in [0.3, 0.4) is 0 Å². The zero-order valence-electron chi connectivity index (χ0n) is 12.5. The van der Waals surface area contributed by atoms with Crippen molar-refractivity contribution in [3.63, 3.8) is 0 Å². The van der Waals surface area contributed by atoms with Gasteiger partial charge in [0.2, 0.25) is 0 Å². The van der Waals surface area contributed by atoms with E-state index in [4.69, 9.17) is 5.11 Å². The van der Waals surface area contributed by atoms with Gasteiger partial charge in [-0.25, -0.2) is 4.98 Å². The van der Waals surface area contributed by atoms with Gasteiger partial charge in [-0.2, -0.15) is 0 Å². The molecule has 2 rings (SSSR count). The van der Waals surface area contributed by atoms with Gasteiger partial charge in [-0.1, -0.05) is 6.92 Å². The fraction of sp³-hybridized carbons (Fsp3) is 0.733. The second-order valence-electron chi connectivity index (χ2n) is 5.95. The van der Waals surface area contributed by atoms with Crippen LogP contribution in [0.25, 0.3) is 0 Å². The molecule has 1 aromatic heterocycles. The van der Waals surface area contributed by atoms with Gasteiger partial charge in [-0.05, 0) is 38.1 Å². The highest BCUT2D eigenvalue weighted by Gasteiger charge is 2.25. The molecule has 1 aromatic rings. The molecule has 20 heavy (non-hydrogen) atoms. The average Bonchev–Trinajstić information content (AvgIpc) is 2.81. The van der Waals surface area contributed by atoms with Crippen molar-refractivity contribution in [2.24, 2.45) is 11.8 Å². The minimum Gasteiger partial charge on any atom is -0.481 e. The fourth-order valence-corrected chi connectivity index (χ4v) is 3.09. The molecular formula is C15H25N3O2. The smallest absolute Gasteiger partial charge is 0.303 e. The van der Waals surface area contributed by atoms with Crippen molar-refractivity contribution in [1.29, 1.82) is 0 Å². The monoisotopic (exact) mass is 279 g/mol. The number of imidazole rings is 1. The Morgan fingerprint density at radius 3 is 3.00 bits per heavy atom. The molecule has 2 unspecified atom stereocenters. The van der Waals surface area contributed by atoms with Crippen molar-refractivity contribution in [2.75, 3.05) is 19.6 Å². The van der Waals surface area contributed by atoms with Crippen LogP contribution in [-0.4, -0.2) is 45.2 Å². The van der Waals surface area contributed by atoms with Crippen LogP contribution in [0, 0.1) is 18.8 Å². The second-order valence-corrected chi connectivity index (χ2v) is 5.95. The minimum absolute atomic E-state index is 0.269. The van der Waals surface area contributed by atoms with Gasteiger partial charge in [-0.3, -0.25) is 4.79 Å². The lowest BCUT2D eigenvalue weighted by molar-refractivity contribution is -0.138. The third-order valence-electron chi connectivity index (χ3n) is 4.42. The third kappa shape index (κ3) is 4.07. The number of rotatable bonds is 6. The Morgan fingerprint density at radius 2 is 2.35 bits per heavy atom. The number of aliphatic carboxylic acids is 1. The minimum atomic E-state index is -0.677. The predicted octanol–water partition coefficient (Wildman–Crippen LogP) is 2.01. The summed E-state index contributed by atoms with van der Waals surface area (Å²) in [5.74, 6) is 1.16. The number of carbonyl (C=O) groups is 1. The molecule has 5 nitrogen and oxygen atoms in total. The van der Waals surface area contributed by atoms with Gasteiger partial charge >= 0.3 is 5.97 Å². The van der Waals surface area contributed by atoms with E-state index in [0.29, 0.717) is 12.3 Å². The predicted molar refractivity (Wildman–Crippen MR) is 77.5 cm³/mol. The molecule has 0 radical (unpaired) electrons. The molecule has 5 heteroatoms. The first-order chi connectivity index (χ1) is 9.56. The van der Waals surface area contributed by atoms with Crippen LogP contribution in [0.2, 0.25) is 0 Å². The van der Waals surface area contributed by atoms with Crippen LogP contribution in [0.4, 0.5) is 0 Å². The van der Waals surface area contributed by atoms with E-state index in [1.54, 1.807) is 0 Å². The van der Waals surface area contributed by atoms with Crippen LogP contribution in [0.1, 0.15) is 32.0 Å². The number of likely N-dealkylation sites (tertiary alicyclic amines) is 1. The maximum Gasteiger partial charge on any atom is 0.303 e. The van der Waals surface area contributed by atoms with E-state index in [2.05, 4.69) is 21.4 Å². The summed E-state index contributed by atoms with van der Waals surface area (Å²) in [7, 11) is 0. The average molecular weight is 279 g/mol. The zero-order chi connectivity index (χ0) is 14.5. The maximum atomic E-state index is 10.8. The zero-order valence-corrected chi connectivity index (χ0v) is 12.5. The van der Waals surface area contributed by atoms with Crippen molar-refractivity contribution in [3.8, 4) is 0 Å². The van der Waals surface area contributed by atoms with Gasteiger partial charge in [0.15, 0.2) is 0 Å². The van der Waals surface area contributed by atoms with Crippen molar-refractivity contribution in [1.82, 2.24) is 14.5 Å². The Morgan fingerprint density at radius 1 is 1.55 bits per heavy atom. The van der Waals surface area contributed by atoms with E-state index >= 15 is 0 Å². The lowest BCUT2D eigenvalue weighted by atomic mass is 9.85. The second kappa shape index (κ2) is 6.88.